The van der Waals surface area contributed by atoms with Crippen molar-refractivity contribution < 1.29 is 19.5 Å². The Morgan fingerprint density at radius 3 is 2.65 bits per heavy atom. The smallest absolute Gasteiger partial charge is 0.326 e. The number of aliphatic carboxylic acids is 1. The molecule has 0 unspecified atom stereocenters. The van der Waals surface area contributed by atoms with Crippen LogP contribution in [0.4, 0.5) is 0 Å². The first-order valence-corrected chi connectivity index (χ1v) is 9.03. The summed E-state index contributed by atoms with van der Waals surface area (Å²) < 4.78 is 1.53. The lowest BCUT2D eigenvalue weighted by atomic mass is 10.0. The summed E-state index contributed by atoms with van der Waals surface area (Å²) in [5, 5.41) is 20.3. The zero-order valence-corrected chi connectivity index (χ0v) is 15.7. The molecule has 3 N–H and O–H groups in total. The summed E-state index contributed by atoms with van der Waals surface area (Å²) in [4.78, 5) is 36.5. The highest BCUT2D eigenvalue weighted by Gasteiger charge is 2.22. The number of nitrogens with zero attached hydrogens (tertiary/aromatic N) is 2. The van der Waals surface area contributed by atoms with Crippen LogP contribution in [-0.2, 0) is 16.6 Å². The predicted octanol–water partition coefficient (Wildman–Crippen LogP) is 1.49. The van der Waals surface area contributed by atoms with Crippen molar-refractivity contribution in [2.45, 2.75) is 26.3 Å². The Morgan fingerprint density at radius 2 is 2.08 bits per heavy atom. The molecule has 2 aromatic heterocycles. The molecule has 0 aliphatic rings. The number of hydrogen-bond donors (Lipinski definition) is 3. The Kier molecular flexibility index (Phi) is 6.51. The molecule has 1 atom stereocenters. The highest BCUT2D eigenvalue weighted by Crippen LogP contribution is 2.26. The molecule has 0 spiro atoms. The Bertz CT molecular complexity index is 783. The van der Waals surface area contributed by atoms with E-state index in [4.69, 9.17) is 5.11 Å². The molecular formula is C17H22N4O4S. The van der Waals surface area contributed by atoms with Gasteiger partial charge in [0, 0.05) is 13.2 Å². The molecule has 0 saturated heterocycles. The molecule has 0 fully saturated rings. The van der Waals surface area contributed by atoms with E-state index in [0.717, 1.165) is 4.88 Å². The summed E-state index contributed by atoms with van der Waals surface area (Å²) in [5.41, 5.74) is 0.906. The second-order valence-corrected chi connectivity index (χ2v) is 7.26. The molecule has 26 heavy (non-hydrogen) atoms. The van der Waals surface area contributed by atoms with E-state index in [2.05, 4.69) is 15.7 Å². The summed E-state index contributed by atoms with van der Waals surface area (Å²) in [6.45, 7) is 3.44. The molecule has 2 amide bonds. The standard InChI is InChI=1S/C17H22N4O4S/c1-10(2)7-12(17(24)25)19-14(22)8-18-16(23)11-9-21(3)20-15(11)13-5-4-6-26-13/h4-6,9-10,12H,7-8H2,1-3H3,(H,18,23)(H,19,22)(H,24,25)/t12-/m0/s1. The molecule has 140 valence electrons. The van der Waals surface area contributed by atoms with Crippen LogP contribution in [0.5, 0.6) is 0 Å². The van der Waals surface area contributed by atoms with E-state index in [-0.39, 0.29) is 12.5 Å². The minimum absolute atomic E-state index is 0.120. The predicted molar refractivity (Wildman–Crippen MR) is 97.9 cm³/mol. The number of carboxylic acids is 1. The average molecular weight is 378 g/mol. The summed E-state index contributed by atoms with van der Waals surface area (Å²) in [5.74, 6) is -1.96. The van der Waals surface area contributed by atoms with Crippen LogP contribution in [0.15, 0.2) is 23.7 Å². The molecule has 9 heteroatoms. The van der Waals surface area contributed by atoms with Gasteiger partial charge in [-0.2, -0.15) is 5.10 Å². The summed E-state index contributed by atoms with van der Waals surface area (Å²) in [6, 6.07) is 2.75. The molecule has 8 nitrogen and oxygen atoms in total. The SMILES string of the molecule is CC(C)C[C@H](NC(=O)CNC(=O)c1cn(C)nc1-c1cccs1)C(=O)O. The number of aryl methyl sites for hydroxylation is 1. The maximum atomic E-state index is 12.4. The molecule has 0 aliphatic carbocycles. The van der Waals surface area contributed by atoms with Gasteiger partial charge >= 0.3 is 5.97 Å². The number of thiophene rings is 1. The molecular weight excluding hydrogens is 356 g/mol. The lowest BCUT2D eigenvalue weighted by Gasteiger charge is -2.16. The van der Waals surface area contributed by atoms with Gasteiger partial charge in [0.25, 0.3) is 5.91 Å². The number of amides is 2. The molecule has 2 rings (SSSR count). The molecule has 2 aromatic rings. The van der Waals surface area contributed by atoms with Crippen molar-refractivity contribution in [3.63, 3.8) is 0 Å². The van der Waals surface area contributed by atoms with Gasteiger partial charge < -0.3 is 15.7 Å². The van der Waals surface area contributed by atoms with Crippen LogP contribution in [0, 0.1) is 5.92 Å². The van der Waals surface area contributed by atoms with E-state index in [1.165, 1.54) is 16.0 Å². The van der Waals surface area contributed by atoms with Gasteiger partial charge in [0.15, 0.2) is 0 Å². The second-order valence-electron chi connectivity index (χ2n) is 6.31. The van der Waals surface area contributed by atoms with Gasteiger partial charge in [-0.15, -0.1) is 11.3 Å². The Morgan fingerprint density at radius 1 is 1.35 bits per heavy atom. The largest absolute Gasteiger partial charge is 0.480 e. The lowest BCUT2D eigenvalue weighted by Crippen LogP contribution is -2.46. The minimum atomic E-state index is -1.09. The fraction of sp³-hybridized carbons (Fsp3) is 0.412. The van der Waals surface area contributed by atoms with Crippen LogP contribution < -0.4 is 10.6 Å². The van der Waals surface area contributed by atoms with Gasteiger partial charge in [-0.3, -0.25) is 14.3 Å². The first-order valence-electron chi connectivity index (χ1n) is 8.15. The molecule has 0 aliphatic heterocycles. The molecule has 0 radical (unpaired) electrons. The van der Waals surface area contributed by atoms with Crippen LogP contribution in [0.3, 0.4) is 0 Å². The number of rotatable bonds is 8. The van der Waals surface area contributed by atoms with Crippen molar-refractivity contribution in [2.24, 2.45) is 13.0 Å². The number of hydrogen-bond acceptors (Lipinski definition) is 5. The first-order chi connectivity index (χ1) is 12.3. The Labute approximate surface area is 155 Å². The van der Waals surface area contributed by atoms with E-state index >= 15 is 0 Å². The van der Waals surface area contributed by atoms with Gasteiger partial charge in [0.1, 0.15) is 11.7 Å². The van der Waals surface area contributed by atoms with Gasteiger partial charge in [-0.25, -0.2) is 4.79 Å². The van der Waals surface area contributed by atoms with Gasteiger partial charge in [-0.1, -0.05) is 19.9 Å². The zero-order chi connectivity index (χ0) is 19.3. The lowest BCUT2D eigenvalue weighted by molar-refractivity contribution is -0.142. The average Bonchev–Trinajstić information content (AvgIpc) is 3.20. The van der Waals surface area contributed by atoms with Crippen LogP contribution in [0.2, 0.25) is 0 Å². The van der Waals surface area contributed by atoms with Crippen molar-refractivity contribution >= 4 is 29.1 Å². The normalized spacial score (nSPS) is 12.0. The van der Waals surface area contributed by atoms with Crippen LogP contribution in [0.1, 0.15) is 30.6 Å². The summed E-state index contributed by atoms with van der Waals surface area (Å²) in [7, 11) is 1.71. The molecule has 0 aromatic carbocycles. The fourth-order valence-corrected chi connectivity index (χ4v) is 3.17. The van der Waals surface area contributed by atoms with Gasteiger partial charge in [-0.05, 0) is 23.8 Å². The number of carbonyl (C=O) groups excluding carboxylic acids is 2. The van der Waals surface area contributed by atoms with E-state index in [1.54, 1.807) is 13.2 Å². The van der Waals surface area contributed by atoms with Gasteiger partial charge in [0.05, 0.1) is 17.0 Å². The fourth-order valence-electron chi connectivity index (χ4n) is 2.44. The van der Waals surface area contributed by atoms with Crippen molar-refractivity contribution in [3.05, 3.63) is 29.3 Å². The van der Waals surface area contributed by atoms with E-state index in [1.807, 2.05) is 31.4 Å². The number of carboxylic acid groups (broad SMARTS) is 1. The van der Waals surface area contributed by atoms with E-state index in [9.17, 15) is 14.4 Å². The van der Waals surface area contributed by atoms with E-state index in [0.29, 0.717) is 17.7 Å². The third-order valence-electron chi connectivity index (χ3n) is 3.58. The van der Waals surface area contributed by atoms with Crippen molar-refractivity contribution in [1.82, 2.24) is 20.4 Å². The quantitative estimate of drug-likeness (QED) is 0.644. The maximum Gasteiger partial charge on any atom is 0.326 e. The summed E-state index contributed by atoms with van der Waals surface area (Å²) >= 11 is 1.46. The Balaban J connectivity index is 1.98. The zero-order valence-electron chi connectivity index (χ0n) is 14.9. The van der Waals surface area contributed by atoms with E-state index < -0.39 is 23.8 Å². The van der Waals surface area contributed by atoms with Gasteiger partial charge in [0.2, 0.25) is 5.91 Å². The highest BCUT2D eigenvalue weighted by molar-refractivity contribution is 7.13. The monoisotopic (exact) mass is 378 g/mol. The van der Waals surface area contributed by atoms with Crippen LogP contribution >= 0.6 is 11.3 Å². The molecule has 0 bridgehead atoms. The maximum absolute atomic E-state index is 12.4. The van der Waals surface area contributed by atoms with Crippen LogP contribution in [0.25, 0.3) is 10.6 Å². The Hall–Kier alpha value is -2.68. The van der Waals surface area contributed by atoms with Crippen molar-refractivity contribution in [1.29, 1.82) is 0 Å². The number of nitrogens with one attached hydrogen (secondary N) is 2. The van der Waals surface area contributed by atoms with Crippen LogP contribution in [-0.4, -0.2) is 45.3 Å². The first kappa shape index (κ1) is 19.6. The summed E-state index contributed by atoms with van der Waals surface area (Å²) in [6.07, 6.45) is 1.90. The van der Waals surface area contributed by atoms with Crippen molar-refractivity contribution in [3.8, 4) is 10.6 Å². The molecule has 0 saturated carbocycles. The second kappa shape index (κ2) is 8.61. The number of carbonyl (C=O) groups is 3. The third-order valence-corrected chi connectivity index (χ3v) is 4.45. The third kappa shape index (κ3) is 5.16. The highest BCUT2D eigenvalue weighted by atomic mass is 32.1. The molecule has 2 heterocycles. The topological polar surface area (TPSA) is 113 Å². The number of aromatic nitrogens is 2. The minimum Gasteiger partial charge on any atom is -0.480 e. The van der Waals surface area contributed by atoms with Crippen molar-refractivity contribution in [2.75, 3.05) is 6.54 Å².